The van der Waals surface area contributed by atoms with Crippen LogP contribution >= 0.6 is 0 Å². The van der Waals surface area contributed by atoms with Crippen LogP contribution in [0.5, 0.6) is 0 Å². The van der Waals surface area contributed by atoms with Gasteiger partial charge in [-0.25, -0.2) is 4.98 Å². The molecular weight excluding hydrogens is 176 g/mol. The summed E-state index contributed by atoms with van der Waals surface area (Å²) in [5, 5.41) is 0. The second-order valence-electron chi connectivity index (χ2n) is 3.48. The van der Waals surface area contributed by atoms with Gasteiger partial charge in [-0.05, 0) is 32.0 Å². The molecule has 1 aromatic carbocycles. The van der Waals surface area contributed by atoms with Gasteiger partial charge in [-0.2, -0.15) is 0 Å². The van der Waals surface area contributed by atoms with Crippen molar-refractivity contribution in [1.82, 2.24) is 9.55 Å². The number of rotatable bonds is 1. The highest BCUT2D eigenvalue weighted by Gasteiger charge is 2.06. The van der Waals surface area contributed by atoms with Crippen LogP contribution in [0.4, 0.5) is 0 Å². The number of benzene rings is 1. The quantitative estimate of drug-likeness (QED) is 0.642. The van der Waals surface area contributed by atoms with Gasteiger partial charge in [0, 0.05) is 12.6 Å². The van der Waals surface area contributed by atoms with E-state index in [0.29, 0.717) is 0 Å². The molecule has 0 amide bonds. The molecule has 1 aromatic heterocycles. The zero-order valence-corrected chi connectivity index (χ0v) is 8.53. The SMILES string of the molecule is CC(=O)c1ccc2nc(C)n(C)c2c1. The second-order valence-corrected chi connectivity index (χ2v) is 3.48. The molecule has 0 saturated heterocycles. The maximum Gasteiger partial charge on any atom is 0.159 e. The molecule has 0 bridgehead atoms. The van der Waals surface area contributed by atoms with E-state index in [1.54, 1.807) is 6.92 Å². The standard InChI is InChI=1S/C11H12N2O/c1-7(14)9-4-5-10-11(6-9)13(3)8(2)12-10/h4-6H,1-3H3. The number of aromatic nitrogens is 2. The maximum absolute atomic E-state index is 11.2. The van der Waals surface area contributed by atoms with Gasteiger partial charge in [0.2, 0.25) is 0 Å². The summed E-state index contributed by atoms with van der Waals surface area (Å²) in [5.74, 6) is 1.05. The van der Waals surface area contributed by atoms with E-state index in [4.69, 9.17) is 0 Å². The molecule has 14 heavy (non-hydrogen) atoms. The van der Waals surface area contributed by atoms with E-state index < -0.39 is 0 Å². The highest BCUT2D eigenvalue weighted by atomic mass is 16.1. The highest BCUT2D eigenvalue weighted by Crippen LogP contribution is 2.16. The number of imidazole rings is 1. The summed E-state index contributed by atoms with van der Waals surface area (Å²) in [6.45, 7) is 3.53. The Morgan fingerprint density at radius 2 is 2.14 bits per heavy atom. The van der Waals surface area contributed by atoms with Crippen LogP contribution in [-0.2, 0) is 7.05 Å². The first-order valence-corrected chi connectivity index (χ1v) is 4.53. The predicted molar refractivity (Wildman–Crippen MR) is 55.5 cm³/mol. The zero-order chi connectivity index (χ0) is 10.3. The van der Waals surface area contributed by atoms with Gasteiger partial charge in [0.25, 0.3) is 0 Å². The first kappa shape index (κ1) is 8.94. The average molecular weight is 188 g/mol. The first-order valence-electron chi connectivity index (χ1n) is 4.53. The lowest BCUT2D eigenvalue weighted by molar-refractivity contribution is 0.101. The molecule has 72 valence electrons. The van der Waals surface area contributed by atoms with Crippen LogP contribution in [0, 0.1) is 6.92 Å². The van der Waals surface area contributed by atoms with Gasteiger partial charge >= 0.3 is 0 Å². The van der Waals surface area contributed by atoms with Crippen LogP contribution in [-0.4, -0.2) is 15.3 Å². The molecule has 0 spiro atoms. The number of nitrogens with zero attached hydrogens (tertiary/aromatic N) is 2. The minimum Gasteiger partial charge on any atom is -0.331 e. The van der Waals surface area contributed by atoms with Gasteiger partial charge in [0.15, 0.2) is 5.78 Å². The molecule has 2 aromatic rings. The van der Waals surface area contributed by atoms with Crippen molar-refractivity contribution in [2.75, 3.05) is 0 Å². The van der Waals surface area contributed by atoms with Gasteiger partial charge in [-0.3, -0.25) is 4.79 Å². The lowest BCUT2D eigenvalue weighted by Crippen LogP contribution is -1.94. The lowest BCUT2D eigenvalue weighted by atomic mass is 10.1. The van der Waals surface area contributed by atoms with E-state index in [0.717, 1.165) is 22.4 Å². The van der Waals surface area contributed by atoms with E-state index in [-0.39, 0.29) is 5.78 Å². The van der Waals surface area contributed by atoms with Crippen LogP contribution in [0.1, 0.15) is 23.1 Å². The number of carbonyl (C=O) groups excluding carboxylic acids is 1. The fourth-order valence-corrected chi connectivity index (χ4v) is 1.53. The third kappa shape index (κ3) is 1.21. The maximum atomic E-state index is 11.2. The number of aryl methyl sites for hydroxylation is 2. The largest absolute Gasteiger partial charge is 0.331 e. The minimum atomic E-state index is 0.0887. The molecule has 3 nitrogen and oxygen atoms in total. The fourth-order valence-electron chi connectivity index (χ4n) is 1.53. The number of carbonyl (C=O) groups is 1. The molecule has 0 radical (unpaired) electrons. The fraction of sp³-hybridized carbons (Fsp3) is 0.273. The molecule has 1 heterocycles. The van der Waals surface area contributed by atoms with E-state index in [9.17, 15) is 4.79 Å². The number of hydrogen-bond acceptors (Lipinski definition) is 2. The average Bonchev–Trinajstić information content (AvgIpc) is 2.43. The Labute approximate surface area is 82.4 Å². The number of Topliss-reactive ketones (excluding diaryl/α,β-unsaturated/α-hetero) is 1. The van der Waals surface area contributed by atoms with Gasteiger partial charge in [-0.15, -0.1) is 0 Å². The monoisotopic (exact) mass is 188 g/mol. The van der Waals surface area contributed by atoms with Crippen LogP contribution in [0.15, 0.2) is 18.2 Å². The Morgan fingerprint density at radius 3 is 2.79 bits per heavy atom. The zero-order valence-electron chi connectivity index (χ0n) is 8.53. The summed E-state index contributed by atoms with van der Waals surface area (Å²) in [7, 11) is 1.95. The van der Waals surface area contributed by atoms with Crippen LogP contribution in [0.3, 0.4) is 0 Å². The van der Waals surface area contributed by atoms with Crippen LogP contribution in [0.2, 0.25) is 0 Å². The van der Waals surface area contributed by atoms with E-state index in [1.165, 1.54) is 0 Å². The molecule has 0 saturated carbocycles. The molecule has 0 aliphatic rings. The molecule has 0 fully saturated rings. The van der Waals surface area contributed by atoms with E-state index in [2.05, 4.69) is 4.98 Å². The highest BCUT2D eigenvalue weighted by molar-refractivity contribution is 5.97. The van der Waals surface area contributed by atoms with Crippen molar-refractivity contribution in [2.24, 2.45) is 7.05 Å². The second kappa shape index (κ2) is 2.94. The van der Waals surface area contributed by atoms with Crippen LogP contribution < -0.4 is 0 Å². The molecule has 0 unspecified atom stereocenters. The molecule has 0 aliphatic heterocycles. The Bertz CT molecular complexity index is 511. The molecular formula is C11H12N2O. The summed E-state index contributed by atoms with van der Waals surface area (Å²) in [6, 6.07) is 5.59. The molecule has 0 aliphatic carbocycles. The van der Waals surface area contributed by atoms with Gasteiger partial charge in [-0.1, -0.05) is 0 Å². The number of fused-ring (bicyclic) bond motifs is 1. The Balaban J connectivity index is 2.76. The van der Waals surface area contributed by atoms with Crippen molar-refractivity contribution >= 4 is 16.8 Å². The summed E-state index contributed by atoms with van der Waals surface area (Å²) in [4.78, 5) is 15.5. The number of ketones is 1. The van der Waals surface area contributed by atoms with E-state index in [1.807, 2.05) is 36.7 Å². The summed E-state index contributed by atoms with van der Waals surface area (Å²) in [6.07, 6.45) is 0. The number of hydrogen-bond donors (Lipinski definition) is 0. The van der Waals surface area contributed by atoms with Crippen molar-refractivity contribution < 1.29 is 4.79 Å². The van der Waals surface area contributed by atoms with Crippen molar-refractivity contribution in [3.8, 4) is 0 Å². The topological polar surface area (TPSA) is 34.9 Å². The predicted octanol–water partition coefficient (Wildman–Crippen LogP) is 2.08. The summed E-state index contributed by atoms with van der Waals surface area (Å²) in [5.41, 5.74) is 2.69. The lowest BCUT2D eigenvalue weighted by Gasteiger charge is -1.98. The smallest absolute Gasteiger partial charge is 0.159 e. The Hall–Kier alpha value is -1.64. The van der Waals surface area contributed by atoms with Gasteiger partial charge in [0.1, 0.15) is 5.82 Å². The first-order chi connectivity index (χ1) is 6.59. The minimum absolute atomic E-state index is 0.0887. The summed E-state index contributed by atoms with van der Waals surface area (Å²) < 4.78 is 1.99. The van der Waals surface area contributed by atoms with Crippen molar-refractivity contribution in [3.05, 3.63) is 29.6 Å². The molecule has 3 heteroatoms. The third-order valence-corrected chi connectivity index (χ3v) is 2.51. The molecule has 0 atom stereocenters. The van der Waals surface area contributed by atoms with Crippen LogP contribution in [0.25, 0.3) is 11.0 Å². The van der Waals surface area contributed by atoms with Crippen molar-refractivity contribution in [1.29, 1.82) is 0 Å². The van der Waals surface area contributed by atoms with Crippen molar-refractivity contribution in [2.45, 2.75) is 13.8 Å². The van der Waals surface area contributed by atoms with Gasteiger partial charge in [0.05, 0.1) is 11.0 Å². The molecule has 0 N–H and O–H groups in total. The molecule has 2 rings (SSSR count). The van der Waals surface area contributed by atoms with Gasteiger partial charge < -0.3 is 4.57 Å². The van der Waals surface area contributed by atoms with Crippen molar-refractivity contribution in [3.63, 3.8) is 0 Å². The third-order valence-electron chi connectivity index (χ3n) is 2.51. The van der Waals surface area contributed by atoms with E-state index >= 15 is 0 Å². The Morgan fingerprint density at radius 1 is 1.43 bits per heavy atom. The normalized spacial score (nSPS) is 10.8. The summed E-state index contributed by atoms with van der Waals surface area (Å²) >= 11 is 0. The Kier molecular flexibility index (Phi) is 1.88.